The van der Waals surface area contributed by atoms with Crippen LogP contribution in [-0.4, -0.2) is 18.0 Å². The Labute approximate surface area is 147 Å². The van der Waals surface area contributed by atoms with E-state index in [-0.39, 0.29) is 24.0 Å². The second kappa shape index (κ2) is 7.40. The maximum atomic E-state index is 14.1. The van der Waals surface area contributed by atoms with Crippen molar-refractivity contribution < 1.29 is 18.3 Å². The molecular weight excluding hydrogens is 346 g/mol. The van der Waals surface area contributed by atoms with Gasteiger partial charge in [0.1, 0.15) is 28.1 Å². The first-order valence-electron chi connectivity index (χ1n) is 7.39. The van der Waals surface area contributed by atoms with E-state index >= 15 is 0 Å². The molecule has 3 rings (SSSR count). The molecule has 128 valence electrons. The number of carbonyl (C=O) groups excluding carboxylic acids is 1. The molecule has 7 heteroatoms. The average molecular weight is 360 g/mol. The predicted molar refractivity (Wildman–Crippen MR) is 91.6 cm³/mol. The molecule has 1 N–H and O–H groups in total. The number of nitrogens with zero attached hydrogens (tertiary/aromatic N) is 1. The Kier molecular flexibility index (Phi) is 5.04. The molecule has 0 atom stereocenters. The van der Waals surface area contributed by atoms with Crippen molar-refractivity contribution in [2.24, 2.45) is 0 Å². The van der Waals surface area contributed by atoms with E-state index in [1.807, 2.05) is 0 Å². The van der Waals surface area contributed by atoms with Gasteiger partial charge in [-0.25, -0.2) is 13.8 Å². The molecule has 1 amide bonds. The highest BCUT2D eigenvalue weighted by atomic mass is 32.1. The van der Waals surface area contributed by atoms with Crippen LogP contribution < -0.4 is 10.1 Å². The Morgan fingerprint density at radius 2 is 1.96 bits per heavy atom. The van der Waals surface area contributed by atoms with Crippen LogP contribution in [0.2, 0.25) is 0 Å². The smallest absolute Gasteiger partial charge is 0.271 e. The van der Waals surface area contributed by atoms with Crippen molar-refractivity contribution in [2.75, 3.05) is 7.11 Å². The van der Waals surface area contributed by atoms with E-state index in [0.717, 1.165) is 5.56 Å². The van der Waals surface area contributed by atoms with Crippen molar-refractivity contribution in [2.45, 2.75) is 6.54 Å². The van der Waals surface area contributed by atoms with Crippen LogP contribution in [0.25, 0.3) is 10.6 Å². The molecule has 0 saturated carbocycles. The number of hydrogen-bond donors (Lipinski definition) is 1. The molecular formula is C18H14F2N2O2S. The lowest BCUT2D eigenvalue weighted by atomic mass is 10.2. The van der Waals surface area contributed by atoms with Gasteiger partial charge in [0, 0.05) is 23.6 Å². The number of halogens is 2. The van der Waals surface area contributed by atoms with Gasteiger partial charge in [-0.1, -0.05) is 12.1 Å². The van der Waals surface area contributed by atoms with Gasteiger partial charge in [-0.3, -0.25) is 4.79 Å². The van der Waals surface area contributed by atoms with Crippen molar-refractivity contribution in [1.29, 1.82) is 0 Å². The third kappa shape index (κ3) is 4.00. The van der Waals surface area contributed by atoms with Crippen LogP contribution in [0.5, 0.6) is 5.75 Å². The van der Waals surface area contributed by atoms with Crippen LogP contribution in [0.3, 0.4) is 0 Å². The molecule has 0 aliphatic heterocycles. The molecule has 1 aromatic heterocycles. The van der Waals surface area contributed by atoms with Crippen LogP contribution in [0.15, 0.2) is 47.8 Å². The normalized spacial score (nSPS) is 10.5. The van der Waals surface area contributed by atoms with Crippen LogP contribution >= 0.6 is 11.3 Å². The van der Waals surface area contributed by atoms with Crippen LogP contribution in [0.4, 0.5) is 8.78 Å². The number of aromatic nitrogens is 1. The first-order valence-corrected chi connectivity index (χ1v) is 8.27. The molecule has 3 aromatic rings. The molecule has 0 aliphatic rings. The fourth-order valence-corrected chi connectivity index (χ4v) is 3.00. The Balaban J connectivity index is 1.70. The van der Waals surface area contributed by atoms with Crippen LogP contribution in [-0.2, 0) is 6.54 Å². The summed E-state index contributed by atoms with van der Waals surface area (Å²) >= 11 is 1.18. The topological polar surface area (TPSA) is 51.2 Å². The molecule has 0 unspecified atom stereocenters. The first kappa shape index (κ1) is 17.0. The van der Waals surface area contributed by atoms with Gasteiger partial charge < -0.3 is 10.1 Å². The maximum absolute atomic E-state index is 14.1. The molecule has 0 spiro atoms. The quantitative estimate of drug-likeness (QED) is 0.747. The zero-order chi connectivity index (χ0) is 17.8. The standard InChI is InChI=1S/C18H14F2N2O2S/c1-24-13-6-7-14(15(20)8-13)18-22-16(10-25-18)17(23)21-9-11-2-4-12(19)5-3-11/h2-8,10H,9H2,1H3,(H,21,23). The van der Waals surface area contributed by atoms with Gasteiger partial charge in [-0.05, 0) is 29.8 Å². The minimum atomic E-state index is -0.466. The van der Waals surface area contributed by atoms with Crippen molar-refractivity contribution >= 4 is 17.2 Å². The van der Waals surface area contributed by atoms with Crippen molar-refractivity contribution in [3.8, 4) is 16.3 Å². The number of nitrogens with one attached hydrogen (secondary N) is 1. The van der Waals surface area contributed by atoms with Crippen LogP contribution in [0.1, 0.15) is 16.1 Å². The van der Waals surface area contributed by atoms with E-state index < -0.39 is 5.82 Å². The highest BCUT2D eigenvalue weighted by Crippen LogP contribution is 2.28. The molecule has 0 saturated heterocycles. The van der Waals surface area contributed by atoms with Crippen molar-refractivity contribution in [3.63, 3.8) is 0 Å². The third-order valence-corrected chi connectivity index (χ3v) is 4.39. The monoisotopic (exact) mass is 360 g/mol. The number of thiazole rings is 1. The Morgan fingerprint density at radius 3 is 2.64 bits per heavy atom. The molecule has 1 heterocycles. The van der Waals surface area contributed by atoms with Gasteiger partial charge in [0.05, 0.1) is 7.11 Å². The number of amides is 1. The fraction of sp³-hybridized carbons (Fsp3) is 0.111. The Morgan fingerprint density at radius 1 is 1.20 bits per heavy atom. The lowest BCUT2D eigenvalue weighted by Gasteiger charge is -2.04. The number of carbonyl (C=O) groups is 1. The number of hydrogen-bond acceptors (Lipinski definition) is 4. The van der Waals surface area contributed by atoms with E-state index in [0.29, 0.717) is 16.3 Å². The Hall–Kier alpha value is -2.80. The van der Waals surface area contributed by atoms with E-state index in [1.54, 1.807) is 29.6 Å². The number of rotatable bonds is 5. The zero-order valence-electron chi connectivity index (χ0n) is 13.3. The second-order valence-electron chi connectivity index (χ2n) is 5.19. The Bertz CT molecular complexity index is 894. The lowest BCUT2D eigenvalue weighted by molar-refractivity contribution is 0.0946. The minimum absolute atomic E-state index is 0.206. The summed E-state index contributed by atoms with van der Waals surface area (Å²) in [4.78, 5) is 16.3. The number of benzene rings is 2. The summed E-state index contributed by atoms with van der Waals surface area (Å²) in [5.41, 5.74) is 1.28. The van der Waals surface area contributed by atoms with E-state index in [9.17, 15) is 13.6 Å². The highest BCUT2D eigenvalue weighted by Gasteiger charge is 2.14. The van der Waals surface area contributed by atoms with Crippen LogP contribution in [0, 0.1) is 11.6 Å². The van der Waals surface area contributed by atoms with E-state index in [1.165, 1.54) is 36.6 Å². The highest BCUT2D eigenvalue weighted by molar-refractivity contribution is 7.13. The SMILES string of the molecule is COc1ccc(-c2nc(C(=O)NCc3ccc(F)cc3)cs2)c(F)c1. The third-order valence-electron chi connectivity index (χ3n) is 3.51. The second-order valence-corrected chi connectivity index (χ2v) is 6.05. The summed E-state index contributed by atoms with van der Waals surface area (Å²) in [6, 6.07) is 10.3. The molecule has 4 nitrogen and oxygen atoms in total. The molecule has 0 fully saturated rings. The zero-order valence-corrected chi connectivity index (χ0v) is 14.1. The largest absolute Gasteiger partial charge is 0.497 e. The summed E-state index contributed by atoms with van der Waals surface area (Å²) in [6.45, 7) is 0.253. The number of methoxy groups -OCH3 is 1. The summed E-state index contributed by atoms with van der Waals surface area (Å²) in [6.07, 6.45) is 0. The van der Waals surface area contributed by atoms with E-state index in [4.69, 9.17) is 4.74 Å². The molecule has 0 radical (unpaired) electrons. The minimum Gasteiger partial charge on any atom is -0.497 e. The molecule has 0 bridgehead atoms. The van der Waals surface area contributed by atoms with Gasteiger partial charge in [-0.2, -0.15) is 0 Å². The van der Waals surface area contributed by atoms with Gasteiger partial charge >= 0.3 is 0 Å². The first-order chi connectivity index (χ1) is 12.1. The van der Waals surface area contributed by atoms with Gasteiger partial charge in [0.15, 0.2) is 0 Å². The maximum Gasteiger partial charge on any atom is 0.271 e. The van der Waals surface area contributed by atoms with Gasteiger partial charge in [0.2, 0.25) is 0 Å². The van der Waals surface area contributed by atoms with Gasteiger partial charge in [-0.15, -0.1) is 11.3 Å². The fourth-order valence-electron chi connectivity index (χ4n) is 2.17. The van der Waals surface area contributed by atoms with Gasteiger partial charge in [0.25, 0.3) is 5.91 Å². The molecule has 0 aliphatic carbocycles. The summed E-state index contributed by atoms with van der Waals surface area (Å²) in [5, 5.41) is 4.68. The molecule has 25 heavy (non-hydrogen) atoms. The van der Waals surface area contributed by atoms with Crippen molar-refractivity contribution in [3.05, 3.63) is 70.7 Å². The molecule has 2 aromatic carbocycles. The predicted octanol–water partition coefficient (Wildman–Crippen LogP) is 4.03. The summed E-state index contributed by atoms with van der Waals surface area (Å²) in [5.74, 6) is -0.761. The average Bonchev–Trinajstić information content (AvgIpc) is 3.10. The summed E-state index contributed by atoms with van der Waals surface area (Å²) in [7, 11) is 1.46. The van der Waals surface area contributed by atoms with E-state index in [2.05, 4.69) is 10.3 Å². The van der Waals surface area contributed by atoms with Crippen molar-refractivity contribution in [1.82, 2.24) is 10.3 Å². The summed E-state index contributed by atoms with van der Waals surface area (Å²) < 4.78 is 31.9. The number of ether oxygens (including phenoxy) is 1. The lowest BCUT2D eigenvalue weighted by Crippen LogP contribution is -2.23.